The average molecular weight is 632 g/mol. The van der Waals surface area contributed by atoms with Gasteiger partial charge in [0.05, 0.1) is 92.5 Å². The number of amides is 1. The molecule has 1 rings (SSSR count). The largest absolute Gasteiger partial charge is 0.491 e. The number of aliphatic carboxylic acids is 1. The molecule has 1 aromatic carbocycles. The number of ether oxygens (including phenoxy) is 9. The second-order valence-electron chi connectivity index (χ2n) is 9.16. The number of unbranched alkanes of at least 4 members (excludes halogenated alkanes) is 1. The maximum Gasteiger partial charge on any atom is 0.305 e. The van der Waals surface area contributed by atoms with Crippen molar-refractivity contribution in [1.82, 2.24) is 0 Å². The number of esters is 1. The van der Waals surface area contributed by atoms with Crippen molar-refractivity contribution in [1.29, 1.82) is 0 Å². The highest BCUT2D eigenvalue weighted by atomic mass is 16.6. The molecule has 0 aliphatic heterocycles. The van der Waals surface area contributed by atoms with Crippen LogP contribution in [0.2, 0.25) is 0 Å². The van der Waals surface area contributed by atoms with Gasteiger partial charge in [0.25, 0.3) is 0 Å². The summed E-state index contributed by atoms with van der Waals surface area (Å²) in [6.07, 6.45) is 1.23. The number of benzene rings is 1. The molecule has 1 aromatic rings. The minimum Gasteiger partial charge on any atom is -0.491 e. The van der Waals surface area contributed by atoms with E-state index in [0.717, 1.165) is 5.69 Å². The fourth-order valence-electron chi connectivity index (χ4n) is 3.31. The van der Waals surface area contributed by atoms with Crippen molar-refractivity contribution in [2.45, 2.75) is 32.6 Å². The lowest BCUT2D eigenvalue weighted by Crippen LogP contribution is -2.15. The summed E-state index contributed by atoms with van der Waals surface area (Å²) < 4.78 is 48.6. The zero-order chi connectivity index (χ0) is 31.9. The summed E-state index contributed by atoms with van der Waals surface area (Å²) in [7, 11) is 0. The number of carboxylic acid groups (broad SMARTS) is 1. The molecule has 0 unspecified atom stereocenters. The Morgan fingerprint density at radius 3 is 1.36 bits per heavy atom. The van der Waals surface area contributed by atoms with E-state index in [1.54, 1.807) is 24.3 Å². The zero-order valence-corrected chi connectivity index (χ0v) is 25.8. The summed E-state index contributed by atoms with van der Waals surface area (Å²) in [6, 6.07) is 7.14. The maximum atomic E-state index is 11.5. The molecule has 252 valence electrons. The summed E-state index contributed by atoms with van der Waals surface area (Å²) in [4.78, 5) is 32.9. The Morgan fingerprint density at radius 2 is 0.955 bits per heavy atom. The molecule has 0 atom stereocenters. The van der Waals surface area contributed by atoms with Gasteiger partial charge >= 0.3 is 11.9 Å². The van der Waals surface area contributed by atoms with Crippen LogP contribution < -0.4 is 10.1 Å². The van der Waals surface area contributed by atoms with Crippen molar-refractivity contribution >= 4 is 23.5 Å². The molecule has 0 saturated heterocycles. The molecule has 0 aliphatic rings. The molecule has 1 amide bonds. The van der Waals surface area contributed by atoms with Gasteiger partial charge in [-0.3, -0.25) is 14.4 Å². The van der Waals surface area contributed by atoms with Crippen LogP contribution in [-0.4, -0.2) is 129 Å². The highest BCUT2D eigenvalue weighted by molar-refractivity contribution is 5.88. The first-order chi connectivity index (χ1) is 21.5. The molecule has 0 spiro atoms. The molecule has 0 aliphatic carbocycles. The van der Waals surface area contributed by atoms with E-state index >= 15 is 0 Å². The minimum atomic E-state index is -0.865. The number of anilines is 1. The van der Waals surface area contributed by atoms with Crippen LogP contribution in [0.15, 0.2) is 24.3 Å². The fourth-order valence-corrected chi connectivity index (χ4v) is 3.31. The van der Waals surface area contributed by atoms with Crippen LogP contribution in [0, 0.1) is 0 Å². The van der Waals surface area contributed by atoms with Gasteiger partial charge in [0.1, 0.15) is 19.0 Å². The second-order valence-corrected chi connectivity index (χ2v) is 9.16. The summed E-state index contributed by atoms with van der Waals surface area (Å²) >= 11 is 0. The van der Waals surface area contributed by atoms with E-state index in [2.05, 4.69) is 5.32 Å². The third-order valence-electron chi connectivity index (χ3n) is 5.42. The number of hydrogen-bond donors (Lipinski definition) is 2. The monoisotopic (exact) mass is 631 g/mol. The van der Waals surface area contributed by atoms with Crippen LogP contribution in [0.25, 0.3) is 0 Å². The van der Waals surface area contributed by atoms with Gasteiger partial charge in [-0.05, 0) is 37.1 Å². The van der Waals surface area contributed by atoms with Gasteiger partial charge in [-0.15, -0.1) is 0 Å². The number of carbonyl (C=O) groups is 3. The maximum absolute atomic E-state index is 11.5. The Kier molecular flexibility index (Phi) is 25.7. The van der Waals surface area contributed by atoms with Crippen LogP contribution in [0.1, 0.15) is 32.6 Å². The SMILES string of the molecule is CC(=O)Nc1ccc(OCCOCCOCCOCCOCCOCCOCCOCCOC(=O)CCCCC(=O)O)cc1. The smallest absolute Gasteiger partial charge is 0.305 e. The van der Waals surface area contributed by atoms with Gasteiger partial charge in [0.15, 0.2) is 0 Å². The van der Waals surface area contributed by atoms with E-state index in [4.69, 9.17) is 47.7 Å². The molecule has 0 aromatic heterocycles. The van der Waals surface area contributed by atoms with Crippen LogP contribution in [0.3, 0.4) is 0 Å². The van der Waals surface area contributed by atoms with Crippen LogP contribution >= 0.6 is 0 Å². The van der Waals surface area contributed by atoms with Gasteiger partial charge in [-0.1, -0.05) is 0 Å². The van der Waals surface area contributed by atoms with Gasteiger partial charge in [-0.25, -0.2) is 0 Å². The van der Waals surface area contributed by atoms with Gasteiger partial charge < -0.3 is 53.1 Å². The standard InChI is InChI=1S/C30H49NO13/c1-26(32)31-27-6-8-28(9-7-27)43-24-22-41-20-18-39-16-14-37-12-10-36-11-13-38-15-17-40-19-21-42-23-25-44-30(35)5-3-2-4-29(33)34/h6-9H,2-5,10-25H2,1H3,(H,31,32)(H,33,34). The summed E-state index contributed by atoms with van der Waals surface area (Å²) in [5, 5.41) is 11.2. The Morgan fingerprint density at radius 1 is 0.568 bits per heavy atom. The topological polar surface area (TPSA) is 167 Å². The van der Waals surface area contributed by atoms with Crippen molar-refractivity contribution in [3.8, 4) is 5.75 Å². The fraction of sp³-hybridized carbons (Fsp3) is 0.700. The Labute approximate surface area is 259 Å². The summed E-state index contributed by atoms with van der Waals surface area (Å²) in [5.74, 6) is -0.624. The van der Waals surface area contributed by atoms with Crippen molar-refractivity contribution in [2.75, 3.05) is 111 Å². The molecular weight excluding hydrogens is 582 g/mol. The lowest BCUT2D eigenvalue weighted by atomic mass is 10.2. The number of rotatable bonds is 31. The molecule has 44 heavy (non-hydrogen) atoms. The third kappa shape index (κ3) is 26.8. The molecule has 0 saturated carbocycles. The van der Waals surface area contributed by atoms with E-state index in [1.807, 2.05) is 0 Å². The van der Waals surface area contributed by atoms with E-state index in [-0.39, 0.29) is 37.9 Å². The Hall–Kier alpha value is -2.85. The molecular formula is C30H49NO13. The van der Waals surface area contributed by atoms with E-state index in [0.29, 0.717) is 111 Å². The summed E-state index contributed by atoms with van der Waals surface area (Å²) in [6.45, 7) is 8.18. The van der Waals surface area contributed by atoms with E-state index in [1.165, 1.54) is 6.92 Å². The average Bonchev–Trinajstić information content (AvgIpc) is 2.99. The molecule has 0 fully saturated rings. The number of nitrogens with one attached hydrogen (secondary N) is 1. The van der Waals surface area contributed by atoms with Gasteiger partial charge in [-0.2, -0.15) is 0 Å². The number of carboxylic acids is 1. The van der Waals surface area contributed by atoms with Crippen LogP contribution in [-0.2, 0) is 52.3 Å². The second kappa shape index (κ2) is 28.9. The first-order valence-electron chi connectivity index (χ1n) is 14.9. The lowest BCUT2D eigenvalue weighted by Gasteiger charge is -2.09. The summed E-state index contributed by atoms with van der Waals surface area (Å²) in [5.41, 5.74) is 0.723. The highest BCUT2D eigenvalue weighted by Crippen LogP contribution is 2.15. The molecule has 14 heteroatoms. The molecule has 0 heterocycles. The molecule has 14 nitrogen and oxygen atoms in total. The predicted molar refractivity (Wildman–Crippen MR) is 159 cm³/mol. The lowest BCUT2D eigenvalue weighted by molar-refractivity contribution is -0.146. The number of carbonyl (C=O) groups excluding carboxylic acids is 2. The quantitative estimate of drug-likeness (QED) is 0.0906. The zero-order valence-electron chi connectivity index (χ0n) is 25.8. The van der Waals surface area contributed by atoms with Gasteiger partial charge in [0, 0.05) is 25.5 Å². The minimum absolute atomic E-state index is 0.0581. The van der Waals surface area contributed by atoms with Crippen molar-refractivity contribution in [3.05, 3.63) is 24.3 Å². The van der Waals surface area contributed by atoms with Crippen molar-refractivity contribution in [2.24, 2.45) is 0 Å². The van der Waals surface area contributed by atoms with Crippen LogP contribution in [0.4, 0.5) is 5.69 Å². The number of hydrogen-bond acceptors (Lipinski definition) is 12. The molecule has 0 radical (unpaired) electrons. The first-order valence-corrected chi connectivity index (χ1v) is 14.9. The van der Waals surface area contributed by atoms with Crippen molar-refractivity contribution in [3.63, 3.8) is 0 Å². The van der Waals surface area contributed by atoms with E-state index in [9.17, 15) is 14.4 Å². The van der Waals surface area contributed by atoms with Crippen LogP contribution in [0.5, 0.6) is 5.75 Å². The van der Waals surface area contributed by atoms with E-state index < -0.39 is 5.97 Å². The Bertz CT molecular complexity index is 854. The van der Waals surface area contributed by atoms with Crippen molar-refractivity contribution < 1.29 is 62.1 Å². The highest BCUT2D eigenvalue weighted by Gasteiger charge is 2.04. The molecule has 0 bridgehead atoms. The van der Waals surface area contributed by atoms with Gasteiger partial charge in [0.2, 0.25) is 5.91 Å². The first kappa shape index (κ1) is 39.2. The third-order valence-corrected chi connectivity index (χ3v) is 5.42. The predicted octanol–water partition coefficient (Wildman–Crippen LogP) is 2.33. The Balaban J connectivity index is 1.70. The normalized spacial score (nSPS) is 10.9. The molecule has 2 N–H and O–H groups in total.